The van der Waals surface area contributed by atoms with Crippen molar-refractivity contribution in [2.24, 2.45) is 0 Å². The topological polar surface area (TPSA) is 13.6 Å². The van der Waals surface area contributed by atoms with Gasteiger partial charge in [-0.2, -0.15) is 8.78 Å². The van der Waals surface area contributed by atoms with Crippen LogP contribution in [0, 0.1) is 6.57 Å². The van der Waals surface area contributed by atoms with E-state index in [4.69, 9.17) is 6.57 Å². The number of halogens is 2. The molecule has 14 heavy (non-hydrogen) atoms. The van der Waals surface area contributed by atoms with Gasteiger partial charge in [-0.25, -0.2) is 6.57 Å². The van der Waals surface area contributed by atoms with E-state index >= 15 is 0 Å². The molecular weight excluding hydrogens is 188 g/mol. The van der Waals surface area contributed by atoms with Crippen molar-refractivity contribution in [3.05, 3.63) is 41.2 Å². The summed E-state index contributed by atoms with van der Waals surface area (Å²) in [4.78, 5) is 3.31. The summed E-state index contributed by atoms with van der Waals surface area (Å²) >= 11 is 0. The van der Waals surface area contributed by atoms with Gasteiger partial charge in [0.2, 0.25) is 6.04 Å². The van der Waals surface area contributed by atoms with E-state index in [0.717, 1.165) is 5.56 Å². The summed E-state index contributed by atoms with van der Waals surface area (Å²) in [6.07, 6.45) is 0. The molecule has 1 atom stereocenters. The number of nitrogens with zero attached hydrogens (tertiary/aromatic N) is 1. The van der Waals surface area contributed by atoms with E-state index in [1.807, 2.05) is 0 Å². The van der Waals surface area contributed by atoms with Crippen molar-refractivity contribution >= 4 is 0 Å². The zero-order valence-corrected chi connectivity index (χ0v) is 7.58. The highest BCUT2D eigenvalue weighted by Gasteiger charge is 2.09. The number of ether oxygens (including phenoxy) is 1. The van der Waals surface area contributed by atoms with E-state index in [9.17, 15) is 8.78 Å². The van der Waals surface area contributed by atoms with Gasteiger partial charge >= 0.3 is 6.61 Å². The average Bonchev–Trinajstić information content (AvgIpc) is 2.17. The molecule has 0 N–H and O–H groups in total. The number of benzene rings is 1. The molecule has 2 nitrogen and oxygen atoms in total. The monoisotopic (exact) mass is 197 g/mol. The number of hydrogen-bond donors (Lipinski definition) is 0. The maximum absolute atomic E-state index is 11.8. The Morgan fingerprint density at radius 2 is 1.86 bits per heavy atom. The number of hydrogen-bond acceptors (Lipinski definition) is 1. The molecule has 0 aliphatic heterocycles. The lowest BCUT2D eigenvalue weighted by molar-refractivity contribution is -0.0498. The van der Waals surface area contributed by atoms with Crippen molar-refractivity contribution in [2.75, 3.05) is 0 Å². The molecule has 1 aromatic carbocycles. The van der Waals surface area contributed by atoms with Crippen LogP contribution >= 0.6 is 0 Å². The second kappa shape index (κ2) is 4.56. The highest BCUT2D eigenvalue weighted by Crippen LogP contribution is 2.20. The smallest absolute Gasteiger partial charge is 0.387 e. The molecule has 0 aliphatic carbocycles. The Labute approximate surface area is 80.9 Å². The molecule has 0 aromatic heterocycles. The molecule has 74 valence electrons. The fraction of sp³-hybridized carbons (Fsp3) is 0.300. The first-order chi connectivity index (χ1) is 6.63. The van der Waals surface area contributed by atoms with Crippen molar-refractivity contribution in [3.63, 3.8) is 0 Å². The van der Waals surface area contributed by atoms with E-state index in [1.54, 1.807) is 19.1 Å². The fourth-order valence-corrected chi connectivity index (χ4v) is 1.00. The van der Waals surface area contributed by atoms with Crippen LogP contribution in [0.1, 0.15) is 18.5 Å². The highest BCUT2D eigenvalue weighted by atomic mass is 19.3. The minimum atomic E-state index is -2.81. The average molecular weight is 197 g/mol. The summed E-state index contributed by atoms with van der Waals surface area (Å²) in [6.45, 7) is 5.73. The van der Waals surface area contributed by atoms with E-state index < -0.39 is 6.61 Å². The van der Waals surface area contributed by atoms with Crippen LogP contribution in [0.4, 0.5) is 8.78 Å². The molecule has 0 heterocycles. The summed E-state index contributed by atoms with van der Waals surface area (Å²) in [6, 6.07) is 5.84. The van der Waals surface area contributed by atoms with Crippen LogP contribution in [0.2, 0.25) is 0 Å². The van der Waals surface area contributed by atoms with Gasteiger partial charge in [-0.3, -0.25) is 0 Å². The van der Waals surface area contributed by atoms with Gasteiger partial charge in [0.25, 0.3) is 0 Å². The Morgan fingerprint density at radius 3 is 2.29 bits per heavy atom. The molecule has 0 saturated heterocycles. The highest BCUT2D eigenvalue weighted by molar-refractivity contribution is 5.29. The van der Waals surface area contributed by atoms with Crippen molar-refractivity contribution in [3.8, 4) is 5.75 Å². The third-order valence-corrected chi connectivity index (χ3v) is 1.78. The van der Waals surface area contributed by atoms with Gasteiger partial charge in [-0.15, -0.1) is 0 Å². The van der Waals surface area contributed by atoms with Gasteiger partial charge < -0.3 is 9.58 Å². The lowest BCUT2D eigenvalue weighted by Crippen LogP contribution is -2.01. The molecule has 0 fully saturated rings. The zero-order chi connectivity index (χ0) is 10.6. The first-order valence-corrected chi connectivity index (χ1v) is 4.05. The Bertz CT molecular complexity index is 329. The molecule has 1 aromatic rings. The van der Waals surface area contributed by atoms with E-state index in [2.05, 4.69) is 9.58 Å². The van der Waals surface area contributed by atoms with Crippen LogP contribution < -0.4 is 4.74 Å². The Hall–Kier alpha value is -1.63. The van der Waals surface area contributed by atoms with Crippen molar-refractivity contribution in [2.45, 2.75) is 19.6 Å². The Kier molecular flexibility index (Phi) is 3.41. The van der Waals surface area contributed by atoms with Crippen LogP contribution in [0.15, 0.2) is 24.3 Å². The van der Waals surface area contributed by atoms with Gasteiger partial charge in [0.15, 0.2) is 0 Å². The minimum Gasteiger partial charge on any atom is -0.435 e. The number of alkyl halides is 2. The van der Waals surface area contributed by atoms with Crippen LogP contribution in [-0.4, -0.2) is 6.61 Å². The first-order valence-electron chi connectivity index (χ1n) is 4.05. The molecule has 0 aliphatic rings. The lowest BCUT2D eigenvalue weighted by Gasteiger charge is -2.04. The molecule has 4 heteroatoms. The molecule has 0 bridgehead atoms. The van der Waals surface area contributed by atoms with Crippen molar-refractivity contribution in [1.82, 2.24) is 0 Å². The molecule has 0 spiro atoms. The maximum Gasteiger partial charge on any atom is 0.387 e. The Balaban J connectivity index is 2.74. The molecule has 0 amide bonds. The Morgan fingerprint density at radius 1 is 1.29 bits per heavy atom. The predicted octanol–water partition coefficient (Wildman–Crippen LogP) is 3.27. The third-order valence-electron chi connectivity index (χ3n) is 1.78. The van der Waals surface area contributed by atoms with E-state index in [-0.39, 0.29) is 11.8 Å². The summed E-state index contributed by atoms with van der Waals surface area (Å²) < 4.78 is 27.7. The number of rotatable bonds is 3. The molecule has 0 saturated carbocycles. The van der Waals surface area contributed by atoms with Gasteiger partial charge in [-0.05, 0) is 24.3 Å². The van der Waals surface area contributed by atoms with Crippen LogP contribution in [0.5, 0.6) is 5.75 Å². The van der Waals surface area contributed by atoms with Gasteiger partial charge in [-0.1, -0.05) is 0 Å². The van der Waals surface area contributed by atoms with E-state index in [1.165, 1.54) is 12.1 Å². The second-order valence-corrected chi connectivity index (χ2v) is 2.75. The van der Waals surface area contributed by atoms with Gasteiger partial charge in [0, 0.05) is 12.5 Å². The van der Waals surface area contributed by atoms with E-state index in [0.29, 0.717) is 0 Å². The van der Waals surface area contributed by atoms with Crippen molar-refractivity contribution in [1.29, 1.82) is 0 Å². The van der Waals surface area contributed by atoms with Crippen LogP contribution in [0.3, 0.4) is 0 Å². The van der Waals surface area contributed by atoms with Gasteiger partial charge in [0.1, 0.15) is 5.75 Å². The normalized spacial score (nSPS) is 12.2. The summed E-state index contributed by atoms with van der Waals surface area (Å²) in [5, 5.41) is 0. The summed E-state index contributed by atoms with van der Waals surface area (Å²) in [7, 11) is 0. The standard InChI is InChI=1S/C10H9F2NO/c1-7(13-2)8-3-5-9(6-4-8)14-10(11)12/h3-7,10H,1H3. The summed E-state index contributed by atoms with van der Waals surface area (Å²) in [5.41, 5.74) is 0.793. The molecule has 0 radical (unpaired) electrons. The van der Waals surface area contributed by atoms with Crippen LogP contribution in [0.25, 0.3) is 4.85 Å². The quantitative estimate of drug-likeness (QED) is 0.678. The van der Waals surface area contributed by atoms with Crippen molar-refractivity contribution < 1.29 is 13.5 Å². The largest absolute Gasteiger partial charge is 0.435 e. The SMILES string of the molecule is [C-]#[N+]C(C)c1ccc(OC(F)F)cc1. The first kappa shape index (κ1) is 10.5. The fourth-order valence-electron chi connectivity index (χ4n) is 1.00. The zero-order valence-electron chi connectivity index (χ0n) is 7.58. The lowest BCUT2D eigenvalue weighted by atomic mass is 10.1. The predicted molar refractivity (Wildman–Crippen MR) is 48.1 cm³/mol. The minimum absolute atomic E-state index is 0.112. The van der Waals surface area contributed by atoms with Crippen LogP contribution in [-0.2, 0) is 0 Å². The third kappa shape index (κ3) is 2.70. The summed E-state index contributed by atoms with van der Waals surface area (Å²) in [5.74, 6) is 0.112. The molecule has 1 unspecified atom stereocenters. The maximum atomic E-state index is 11.8. The molecular formula is C10H9F2NO. The second-order valence-electron chi connectivity index (χ2n) is 2.75. The van der Waals surface area contributed by atoms with Gasteiger partial charge in [0.05, 0.1) is 0 Å². The molecule has 1 rings (SSSR count).